The summed E-state index contributed by atoms with van der Waals surface area (Å²) < 4.78 is 11.8. The van der Waals surface area contributed by atoms with Gasteiger partial charge in [0.05, 0.1) is 25.3 Å². The number of fused-ring (bicyclic) bond motifs is 5. The van der Waals surface area contributed by atoms with Gasteiger partial charge < -0.3 is 9.47 Å². The van der Waals surface area contributed by atoms with Crippen molar-refractivity contribution in [1.82, 2.24) is 4.90 Å². The van der Waals surface area contributed by atoms with E-state index in [1.165, 1.54) is 27.8 Å². The molecule has 0 N–H and O–H groups in total. The maximum atomic E-state index is 13.4. The first-order chi connectivity index (χ1) is 18.6. The van der Waals surface area contributed by atoms with Gasteiger partial charge in [-0.05, 0) is 53.5 Å². The third kappa shape index (κ3) is 4.64. The number of carbonyl (C=O) groups excluding carboxylic acids is 2. The lowest BCUT2D eigenvalue weighted by atomic mass is 9.80. The van der Waals surface area contributed by atoms with Crippen LogP contribution in [0.2, 0.25) is 0 Å². The number of ether oxygens (including phenoxy) is 2. The van der Waals surface area contributed by atoms with E-state index in [-0.39, 0.29) is 35.8 Å². The maximum Gasteiger partial charge on any atom is 0.410 e. The fourth-order valence-corrected chi connectivity index (χ4v) is 6.55. The number of benzene rings is 3. The molecule has 196 valence electrons. The van der Waals surface area contributed by atoms with E-state index in [2.05, 4.69) is 55.5 Å². The topological polar surface area (TPSA) is 55.8 Å². The van der Waals surface area contributed by atoms with Crippen molar-refractivity contribution in [1.29, 1.82) is 0 Å². The van der Waals surface area contributed by atoms with Gasteiger partial charge in [0.25, 0.3) is 0 Å². The van der Waals surface area contributed by atoms with Gasteiger partial charge in [0.1, 0.15) is 6.61 Å². The second-order valence-electron chi connectivity index (χ2n) is 10.9. The molecule has 2 bridgehead atoms. The van der Waals surface area contributed by atoms with E-state index >= 15 is 0 Å². The highest BCUT2D eigenvalue weighted by Gasteiger charge is 2.45. The first-order valence-corrected chi connectivity index (χ1v) is 14.0. The summed E-state index contributed by atoms with van der Waals surface area (Å²) in [5.41, 5.74) is 6.88. The van der Waals surface area contributed by atoms with Crippen LogP contribution in [0.1, 0.15) is 65.6 Å². The van der Waals surface area contributed by atoms with Crippen LogP contribution < -0.4 is 0 Å². The molecule has 0 spiro atoms. The molecule has 1 amide bonds. The zero-order valence-corrected chi connectivity index (χ0v) is 22.0. The van der Waals surface area contributed by atoms with Crippen molar-refractivity contribution in [2.45, 2.75) is 57.0 Å². The molecule has 2 atom stereocenters. The molecule has 0 aromatic heterocycles. The van der Waals surface area contributed by atoms with Gasteiger partial charge in [0.15, 0.2) is 5.78 Å². The third-order valence-corrected chi connectivity index (χ3v) is 8.50. The van der Waals surface area contributed by atoms with E-state index in [1.54, 1.807) is 0 Å². The van der Waals surface area contributed by atoms with Gasteiger partial charge in [-0.3, -0.25) is 9.69 Å². The molecule has 3 aromatic carbocycles. The lowest BCUT2D eigenvalue weighted by Crippen LogP contribution is -2.60. The second kappa shape index (κ2) is 10.7. The van der Waals surface area contributed by atoms with E-state index in [9.17, 15) is 9.59 Å². The Bertz CT molecular complexity index is 1260. The molecule has 5 heteroatoms. The predicted molar refractivity (Wildman–Crippen MR) is 147 cm³/mol. The van der Waals surface area contributed by atoms with Crippen molar-refractivity contribution in [3.63, 3.8) is 0 Å². The van der Waals surface area contributed by atoms with Crippen LogP contribution in [0, 0.1) is 5.92 Å². The molecule has 3 aromatic rings. The average molecular weight is 510 g/mol. The SMILES string of the molecule is CCCCc1ccc(C(=O)C2CC3COCC(C2)N3C(=O)OCC2c3ccccc3-c3ccccc32)cc1. The smallest absolute Gasteiger partial charge is 0.410 e. The standard InChI is InChI=1S/C33H35NO4/c1-2-3-8-22-13-15-23(16-14-22)32(35)24-17-25-19-37-20-26(18-24)34(25)33(36)38-21-31-29-11-6-4-9-27(29)28-10-5-7-12-30(28)31/h4-7,9-16,24-26,31H,2-3,8,17-21H2,1H3. The summed E-state index contributed by atoms with van der Waals surface area (Å²) in [5, 5.41) is 0. The number of hydrogen-bond donors (Lipinski definition) is 0. The van der Waals surface area contributed by atoms with Gasteiger partial charge >= 0.3 is 6.09 Å². The maximum absolute atomic E-state index is 13.4. The van der Waals surface area contributed by atoms with Gasteiger partial charge in [-0.25, -0.2) is 4.79 Å². The first kappa shape index (κ1) is 24.9. The molecule has 38 heavy (non-hydrogen) atoms. The Kier molecular flexibility index (Phi) is 7.03. The Balaban J connectivity index is 1.12. The lowest BCUT2D eigenvalue weighted by molar-refractivity contribution is -0.0747. The fraction of sp³-hybridized carbons (Fsp3) is 0.394. The molecular weight excluding hydrogens is 474 g/mol. The molecule has 6 rings (SSSR count). The molecule has 2 fully saturated rings. The van der Waals surface area contributed by atoms with Gasteiger partial charge in [0, 0.05) is 17.4 Å². The molecule has 1 aliphatic carbocycles. The summed E-state index contributed by atoms with van der Waals surface area (Å²) in [4.78, 5) is 28.7. The summed E-state index contributed by atoms with van der Waals surface area (Å²) in [5.74, 6) is 0.103. The van der Waals surface area contributed by atoms with Crippen molar-refractivity contribution in [2.24, 2.45) is 5.92 Å². The van der Waals surface area contributed by atoms with Crippen molar-refractivity contribution in [3.8, 4) is 11.1 Å². The molecule has 2 aliphatic heterocycles. The van der Waals surface area contributed by atoms with Gasteiger partial charge in [0.2, 0.25) is 0 Å². The molecule has 3 aliphatic rings. The van der Waals surface area contributed by atoms with Crippen LogP contribution in [-0.4, -0.2) is 48.7 Å². The van der Waals surface area contributed by atoms with Crippen molar-refractivity contribution in [3.05, 3.63) is 95.1 Å². The van der Waals surface area contributed by atoms with Crippen molar-refractivity contribution in [2.75, 3.05) is 19.8 Å². The zero-order chi connectivity index (χ0) is 26.1. The van der Waals surface area contributed by atoms with Gasteiger partial charge in [-0.2, -0.15) is 0 Å². The molecule has 5 nitrogen and oxygen atoms in total. The van der Waals surface area contributed by atoms with E-state index in [1.807, 2.05) is 29.2 Å². The molecular formula is C33H35NO4. The number of unbranched alkanes of at least 4 members (excludes halogenated alkanes) is 1. The van der Waals surface area contributed by atoms with Gasteiger partial charge in [-0.15, -0.1) is 0 Å². The summed E-state index contributed by atoms with van der Waals surface area (Å²) in [6.07, 6.45) is 4.29. The van der Waals surface area contributed by atoms with Gasteiger partial charge in [-0.1, -0.05) is 86.1 Å². The molecule has 0 radical (unpaired) electrons. The number of aryl methyl sites for hydroxylation is 1. The number of morpholine rings is 1. The predicted octanol–water partition coefficient (Wildman–Crippen LogP) is 6.64. The Morgan fingerprint density at radius 3 is 2.08 bits per heavy atom. The van der Waals surface area contributed by atoms with Crippen LogP contribution >= 0.6 is 0 Å². The number of rotatable bonds is 7. The van der Waals surface area contributed by atoms with Crippen molar-refractivity contribution >= 4 is 11.9 Å². The number of nitrogens with zero attached hydrogens (tertiary/aromatic N) is 1. The minimum atomic E-state index is -0.295. The minimum Gasteiger partial charge on any atom is -0.448 e. The second-order valence-corrected chi connectivity index (χ2v) is 10.9. The molecule has 2 heterocycles. The van der Waals surface area contributed by atoms with E-state index in [0.29, 0.717) is 32.7 Å². The summed E-state index contributed by atoms with van der Waals surface area (Å²) in [6, 6.07) is 24.5. The van der Waals surface area contributed by atoms with E-state index < -0.39 is 0 Å². The van der Waals surface area contributed by atoms with Crippen LogP contribution in [-0.2, 0) is 15.9 Å². The summed E-state index contributed by atoms with van der Waals surface area (Å²) in [7, 11) is 0. The number of ketones is 1. The Hall–Kier alpha value is -3.44. The number of carbonyl (C=O) groups is 2. The first-order valence-electron chi connectivity index (χ1n) is 14.0. The number of hydrogen-bond acceptors (Lipinski definition) is 4. The summed E-state index contributed by atoms with van der Waals surface area (Å²) in [6.45, 7) is 3.38. The van der Waals surface area contributed by atoms with Crippen LogP contribution in [0.3, 0.4) is 0 Å². The minimum absolute atomic E-state index is 0.0295. The average Bonchev–Trinajstić information content (AvgIpc) is 3.27. The van der Waals surface area contributed by atoms with E-state index in [4.69, 9.17) is 9.47 Å². The number of Topliss-reactive ketones (excluding diaryl/α,β-unsaturated/α-hetero) is 1. The Morgan fingerprint density at radius 1 is 0.868 bits per heavy atom. The normalized spacial score (nSPS) is 22.0. The Labute approximate surface area is 224 Å². The highest BCUT2D eigenvalue weighted by Crippen LogP contribution is 2.44. The fourth-order valence-electron chi connectivity index (χ4n) is 6.55. The van der Waals surface area contributed by atoms with Crippen LogP contribution in [0.15, 0.2) is 72.8 Å². The highest BCUT2D eigenvalue weighted by molar-refractivity contribution is 5.98. The van der Waals surface area contributed by atoms with Crippen molar-refractivity contribution < 1.29 is 19.1 Å². The van der Waals surface area contributed by atoms with E-state index in [0.717, 1.165) is 24.8 Å². The quantitative estimate of drug-likeness (QED) is 0.335. The molecule has 2 unspecified atom stereocenters. The molecule has 0 saturated carbocycles. The monoisotopic (exact) mass is 509 g/mol. The number of amides is 1. The van der Waals surface area contributed by atoms with Crippen LogP contribution in [0.4, 0.5) is 4.79 Å². The van der Waals surface area contributed by atoms with Crippen LogP contribution in [0.25, 0.3) is 11.1 Å². The largest absolute Gasteiger partial charge is 0.448 e. The summed E-state index contributed by atoms with van der Waals surface area (Å²) >= 11 is 0. The highest BCUT2D eigenvalue weighted by atomic mass is 16.6. The Morgan fingerprint density at radius 2 is 1.47 bits per heavy atom. The lowest BCUT2D eigenvalue weighted by Gasteiger charge is -2.47. The van der Waals surface area contributed by atoms with Crippen LogP contribution in [0.5, 0.6) is 0 Å². The zero-order valence-electron chi connectivity index (χ0n) is 22.0. The molecule has 2 saturated heterocycles. The third-order valence-electron chi connectivity index (χ3n) is 8.50. The number of piperidine rings is 1.